The molecule has 0 saturated carbocycles. The molecule has 3 N–H and O–H groups in total. The van der Waals surface area contributed by atoms with Crippen molar-refractivity contribution >= 4 is 5.84 Å². The maximum absolute atomic E-state index is 8.49. The largest absolute Gasteiger partial charge is 0.409 e. The lowest BCUT2D eigenvalue weighted by Gasteiger charge is -2.20. The Morgan fingerprint density at radius 1 is 1.35 bits per heavy atom. The van der Waals surface area contributed by atoms with Gasteiger partial charge in [-0.25, -0.2) is 0 Å². The molecule has 0 fully saturated rings. The van der Waals surface area contributed by atoms with Crippen molar-refractivity contribution in [3.05, 3.63) is 35.4 Å². The Hall–Kier alpha value is -1.55. The summed E-state index contributed by atoms with van der Waals surface area (Å²) < 4.78 is 0. The molecule has 0 spiro atoms. The highest BCUT2D eigenvalue weighted by atomic mass is 16.4. The highest BCUT2D eigenvalue weighted by Crippen LogP contribution is 2.07. The van der Waals surface area contributed by atoms with Crippen LogP contribution in [0.4, 0.5) is 0 Å². The Kier molecular flexibility index (Phi) is 5.49. The Morgan fingerprint density at radius 2 is 2.00 bits per heavy atom. The molecule has 94 valence electrons. The number of rotatable bonds is 6. The van der Waals surface area contributed by atoms with Crippen molar-refractivity contribution in [2.45, 2.75) is 26.8 Å². The molecular weight excluding hydrogens is 214 g/mol. The molecule has 1 aromatic rings. The molecule has 1 rings (SSSR count). The first-order valence-electron chi connectivity index (χ1n) is 5.90. The molecule has 0 heterocycles. The van der Waals surface area contributed by atoms with Crippen LogP contribution < -0.4 is 5.73 Å². The lowest BCUT2D eigenvalue weighted by molar-refractivity contribution is 0.283. The van der Waals surface area contributed by atoms with E-state index in [1.54, 1.807) is 0 Å². The maximum Gasteiger partial charge on any atom is 0.140 e. The van der Waals surface area contributed by atoms with Crippen LogP contribution in [0.15, 0.2) is 29.4 Å². The number of aryl methyl sites for hydroxylation is 1. The van der Waals surface area contributed by atoms with Crippen LogP contribution in [0.5, 0.6) is 0 Å². The monoisotopic (exact) mass is 235 g/mol. The summed E-state index contributed by atoms with van der Waals surface area (Å²) in [4.78, 5) is 2.27. The van der Waals surface area contributed by atoms with E-state index in [2.05, 4.69) is 48.2 Å². The number of oxime groups is 1. The van der Waals surface area contributed by atoms with Crippen molar-refractivity contribution in [1.29, 1.82) is 0 Å². The molecule has 0 unspecified atom stereocenters. The van der Waals surface area contributed by atoms with Gasteiger partial charge < -0.3 is 10.9 Å². The van der Waals surface area contributed by atoms with Crippen LogP contribution in [0.3, 0.4) is 0 Å². The zero-order valence-corrected chi connectivity index (χ0v) is 10.6. The molecule has 0 aliphatic rings. The molecule has 0 amide bonds. The van der Waals surface area contributed by atoms with E-state index in [0.29, 0.717) is 6.42 Å². The van der Waals surface area contributed by atoms with Crippen molar-refractivity contribution in [3.63, 3.8) is 0 Å². The van der Waals surface area contributed by atoms with Gasteiger partial charge in [0.2, 0.25) is 0 Å². The van der Waals surface area contributed by atoms with E-state index in [-0.39, 0.29) is 5.84 Å². The quantitative estimate of drug-likeness (QED) is 0.343. The molecule has 1 aromatic carbocycles. The molecule has 0 bridgehead atoms. The van der Waals surface area contributed by atoms with Crippen molar-refractivity contribution in [3.8, 4) is 0 Å². The van der Waals surface area contributed by atoms with Gasteiger partial charge in [-0.3, -0.25) is 4.90 Å². The molecule has 0 atom stereocenters. The molecular formula is C13H21N3O. The first-order valence-corrected chi connectivity index (χ1v) is 5.90. The second-order valence-electron chi connectivity index (χ2n) is 4.20. The predicted octanol–water partition coefficient (Wildman–Crippen LogP) is 1.95. The van der Waals surface area contributed by atoms with Crippen molar-refractivity contribution in [1.82, 2.24) is 4.90 Å². The number of nitrogens with zero attached hydrogens (tertiary/aromatic N) is 2. The van der Waals surface area contributed by atoms with E-state index in [4.69, 9.17) is 10.9 Å². The first kappa shape index (κ1) is 13.5. The molecule has 4 heteroatoms. The van der Waals surface area contributed by atoms with Gasteiger partial charge in [0.25, 0.3) is 0 Å². The fourth-order valence-electron chi connectivity index (χ4n) is 1.62. The lowest BCUT2D eigenvalue weighted by Crippen LogP contribution is -2.27. The summed E-state index contributed by atoms with van der Waals surface area (Å²) in [6, 6.07) is 8.52. The van der Waals surface area contributed by atoms with E-state index < -0.39 is 0 Å². The second kappa shape index (κ2) is 6.91. The average molecular weight is 235 g/mol. The van der Waals surface area contributed by atoms with Gasteiger partial charge >= 0.3 is 0 Å². The minimum atomic E-state index is 0.285. The number of benzene rings is 1. The minimum Gasteiger partial charge on any atom is -0.409 e. The van der Waals surface area contributed by atoms with Crippen LogP contribution in [0.25, 0.3) is 0 Å². The zero-order chi connectivity index (χ0) is 12.7. The molecule has 17 heavy (non-hydrogen) atoms. The summed E-state index contributed by atoms with van der Waals surface area (Å²) >= 11 is 0. The standard InChI is InChI=1S/C13H21N3O/c1-3-16(9-8-13(14)15-17)10-12-6-4-11(2)5-7-12/h4-7,17H,3,8-10H2,1-2H3,(H2,14,15). The van der Waals surface area contributed by atoms with Gasteiger partial charge in [0.05, 0.1) is 0 Å². The van der Waals surface area contributed by atoms with E-state index in [0.717, 1.165) is 19.6 Å². The van der Waals surface area contributed by atoms with Gasteiger partial charge in [-0.05, 0) is 19.0 Å². The maximum atomic E-state index is 8.49. The summed E-state index contributed by atoms with van der Waals surface area (Å²) in [7, 11) is 0. The van der Waals surface area contributed by atoms with Crippen LogP contribution in [0.1, 0.15) is 24.5 Å². The third-order valence-corrected chi connectivity index (χ3v) is 2.79. The van der Waals surface area contributed by atoms with Crippen LogP contribution >= 0.6 is 0 Å². The van der Waals surface area contributed by atoms with Crippen molar-refractivity contribution in [2.75, 3.05) is 13.1 Å². The topological polar surface area (TPSA) is 61.8 Å². The Labute approximate surface area is 103 Å². The number of nitrogens with two attached hydrogens (primary N) is 1. The molecule has 0 aliphatic carbocycles. The van der Waals surface area contributed by atoms with Gasteiger partial charge in [-0.2, -0.15) is 0 Å². The van der Waals surface area contributed by atoms with Crippen LogP contribution in [-0.4, -0.2) is 29.0 Å². The summed E-state index contributed by atoms with van der Waals surface area (Å²) in [5.41, 5.74) is 8.02. The van der Waals surface area contributed by atoms with Gasteiger partial charge in [0.1, 0.15) is 5.84 Å². The van der Waals surface area contributed by atoms with E-state index >= 15 is 0 Å². The highest BCUT2D eigenvalue weighted by Gasteiger charge is 2.04. The normalized spacial score (nSPS) is 12.1. The Bertz CT molecular complexity index is 359. The van der Waals surface area contributed by atoms with Crippen LogP contribution in [0, 0.1) is 6.92 Å². The van der Waals surface area contributed by atoms with Crippen molar-refractivity contribution < 1.29 is 5.21 Å². The number of hydrogen-bond donors (Lipinski definition) is 2. The minimum absolute atomic E-state index is 0.285. The van der Waals surface area contributed by atoms with Gasteiger partial charge in [-0.15, -0.1) is 0 Å². The van der Waals surface area contributed by atoms with Crippen molar-refractivity contribution in [2.24, 2.45) is 10.9 Å². The fraction of sp³-hybridized carbons (Fsp3) is 0.462. The van der Waals surface area contributed by atoms with Gasteiger partial charge in [0, 0.05) is 19.5 Å². The average Bonchev–Trinajstić information content (AvgIpc) is 2.36. The Morgan fingerprint density at radius 3 is 2.53 bits per heavy atom. The summed E-state index contributed by atoms with van der Waals surface area (Å²) in [5.74, 6) is 0.285. The van der Waals surface area contributed by atoms with Crippen LogP contribution in [-0.2, 0) is 6.54 Å². The zero-order valence-electron chi connectivity index (χ0n) is 10.6. The van der Waals surface area contributed by atoms with E-state index in [9.17, 15) is 0 Å². The third kappa shape index (κ3) is 4.87. The molecule has 4 nitrogen and oxygen atoms in total. The summed E-state index contributed by atoms with van der Waals surface area (Å²) in [6.45, 7) is 6.85. The molecule has 0 radical (unpaired) electrons. The van der Waals surface area contributed by atoms with Gasteiger partial charge in [0.15, 0.2) is 0 Å². The summed E-state index contributed by atoms with van der Waals surface area (Å²) in [5, 5.41) is 11.5. The molecule has 0 saturated heterocycles. The molecule has 0 aliphatic heterocycles. The highest BCUT2D eigenvalue weighted by molar-refractivity contribution is 5.79. The van der Waals surface area contributed by atoms with Crippen LogP contribution in [0.2, 0.25) is 0 Å². The number of amidine groups is 1. The summed E-state index contributed by atoms with van der Waals surface area (Å²) in [6.07, 6.45) is 0.593. The lowest BCUT2D eigenvalue weighted by atomic mass is 10.1. The van der Waals surface area contributed by atoms with E-state index in [1.807, 2.05) is 0 Å². The van der Waals surface area contributed by atoms with Gasteiger partial charge in [-0.1, -0.05) is 41.9 Å². The number of hydrogen-bond acceptors (Lipinski definition) is 3. The second-order valence-corrected chi connectivity index (χ2v) is 4.20. The fourth-order valence-corrected chi connectivity index (χ4v) is 1.62. The predicted molar refractivity (Wildman–Crippen MR) is 70.2 cm³/mol. The third-order valence-electron chi connectivity index (χ3n) is 2.79. The SMILES string of the molecule is CCN(CC/C(N)=N/O)Cc1ccc(C)cc1. The Balaban J connectivity index is 2.49. The van der Waals surface area contributed by atoms with E-state index in [1.165, 1.54) is 11.1 Å². The molecule has 0 aromatic heterocycles. The smallest absolute Gasteiger partial charge is 0.140 e. The first-order chi connectivity index (χ1) is 8.15.